The van der Waals surface area contributed by atoms with Gasteiger partial charge in [-0.25, -0.2) is 0 Å². The fourth-order valence-corrected chi connectivity index (χ4v) is 3.45. The molecule has 1 unspecified atom stereocenters. The minimum atomic E-state index is -0.584. The van der Waals surface area contributed by atoms with Gasteiger partial charge in [-0.1, -0.05) is 33.1 Å². The van der Waals surface area contributed by atoms with Crippen molar-refractivity contribution in [3.63, 3.8) is 0 Å². The summed E-state index contributed by atoms with van der Waals surface area (Å²) in [6.45, 7) is 6.94. The van der Waals surface area contributed by atoms with Gasteiger partial charge in [-0.05, 0) is 38.5 Å². The Labute approximate surface area is 122 Å². The molecule has 1 saturated carbocycles. The molecule has 1 heterocycles. The van der Waals surface area contributed by atoms with Crippen LogP contribution in [0.1, 0.15) is 65.7 Å². The Morgan fingerprint density at radius 2 is 1.90 bits per heavy atom. The third kappa shape index (κ3) is 2.99. The quantitative estimate of drug-likeness (QED) is 0.860. The maximum absolute atomic E-state index is 12.8. The van der Waals surface area contributed by atoms with E-state index < -0.39 is 5.54 Å². The predicted octanol–water partition coefficient (Wildman–Crippen LogP) is 2.47. The van der Waals surface area contributed by atoms with E-state index in [4.69, 9.17) is 0 Å². The van der Waals surface area contributed by atoms with Crippen molar-refractivity contribution in [1.29, 1.82) is 0 Å². The van der Waals surface area contributed by atoms with Crippen LogP contribution in [0.15, 0.2) is 0 Å². The third-order valence-corrected chi connectivity index (χ3v) is 4.77. The van der Waals surface area contributed by atoms with Crippen molar-refractivity contribution in [2.45, 2.75) is 77.3 Å². The average molecular weight is 280 g/mol. The molecule has 1 saturated heterocycles. The fraction of sp³-hybridized carbons (Fsp3) is 0.875. The van der Waals surface area contributed by atoms with E-state index in [1.807, 2.05) is 11.8 Å². The number of nitrogens with zero attached hydrogens (tertiary/aromatic N) is 1. The Bertz CT molecular complexity index is 373. The van der Waals surface area contributed by atoms with Gasteiger partial charge in [0.15, 0.2) is 0 Å². The van der Waals surface area contributed by atoms with Crippen molar-refractivity contribution in [3.05, 3.63) is 0 Å². The molecule has 1 aliphatic carbocycles. The number of carbonyl (C=O) groups is 2. The van der Waals surface area contributed by atoms with Gasteiger partial charge in [-0.2, -0.15) is 0 Å². The standard InChI is InChI=1S/C16H28N2O2/c1-12(2)8-7-11-18-13(3)14(19)17-16(15(18)20)9-5-4-6-10-16/h12-13H,4-11H2,1-3H3,(H,17,19). The van der Waals surface area contributed by atoms with E-state index in [-0.39, 0.29) is 17.9 Å². The van der Waals surface area contributed by atoms with Crippen LogP contribution in [-0.4, -0.2) is 34.8 Å². The first-order valence-corrected chi connectivity index (χ1v) is 8.09. The summed E-state index contributed by atoms with van der Waals surface area (Å²) in [6, 6.07) is -0.317. The molecule has 1 aliphatic heterocycles. The summed E-state index contributed by atoms with van der Waals surface area (Å²) in [4.78, 5) is 26.9. The molecule has 2 fully saturated rings. The fourth-order valence-electron chi connectivity index (χ4n) is 3.45. The van der Waals surface area contributed by atoms with Crippen LogP contribution in [0, 0.1) is 5.92 Å². The molecule has 0 radical (unpaired) electrons. The third-order valence-electron chi connectivity index (χ3n) is 4.77. The molecular weight excluding hydrogens is 252 g/mol. The first-order chi connectivity index (χ1) is 9.46. The highest BCUT2D eigenvalue weighted by Crippen LogP contribution is 2.33. The molecule has 4 heteroatoms. The Morgan fingerprint density at radius 1 is 1.25 bits per heavy atom. The van der Waals surface area contributed by atoms with Crippen molar-refractivity contribution < 1.29 is 9.59 Å². The highest BCUT2D eigenvalue weighted by Gasteiger charge is 2.49. The number of piperazine rings is 1. The summed E-state index contributed by atoms with van der Waals surface area (Å²) in [7, 11) is 0. The van der Waals surface area contributed by atoms with Gasteiger partial charge in [-0.15, -0.1) is 0 Å². The van der Waals surface area contributed by atoms with E-state index in [9.17, 15) is 9.59 Å². The van der Waals surface area contributed by atoms with E-state index in [2.05, 4.69) is 19.2 Å². The second kappa shape index (κ2) is 6.15. The van der Waals surface area contributed by atoms with Gasteiger partial charge in [0, 0.05) is 6.54 Å². The second-order valence-electron chi connectivity index (χ2n) is 6.84. The zero-order valence-corrected chi connectivity index (χ0v) is 13.1. The minimum absolute atomic E-state index is 0.0241. The molecule has 1 spiro atoms. The number of nitrogens with one attached hydrogen (secondary N) is 1. The maximum Gasteiger partial charge on any atom is 0.248 e. The van der Waals surface area contributed by atoms with Crippen LogP contribution in [0.25, 0.3) is 0 Å². The van der Waals surface area contributed by atoms with E-state index in [1.54, 1.807) is 0 Å². The van der Waals surface area contributed by atoms with Crippen LogP contribution >= 0.6 is 0 Å². The molecule has 0 aromatic rings. The van der Waals surface area contributed by atoms with Crippen molar-refractivity contribution in [1.82, 2.24) is 10.2 Å². The van der Waals surface area contributed by atoms with Crippen LogP contribution < -0.4 is 5.32 Å². The molecule has 0 aromatic carbocycles. The molecule has 2 aliphatic rings. The Kier molecular flexibility index (Phi) is 4.71. The predicted molar refractivity (Wildman–Crippen MR) is 79.2 cm³/mol. The van der Waals surface area contributed by atoms with Crippen molar-refractivity contribution in [2.24, 2.45) is 5.92 Å². The highest BCUT2D eigenvalue weighted by molar-refractivity contribution is 5.99. The van der Waals surface area contributed by atoms with Gasteiger partial charge in [0.2, 0.25) is 11.8 Å². The van der Waals surface area contributed by atoms with Gasteiger partial charge in [0.1, 0.15) is 11.6 Å². The van der Waals surface area contributed by atoms with Gasteiger partial charge < -0.3 is 10.2 Å². The maximum atomic E-state index is 12.8. The highest BCUT2D eigenvalue weighted by atomic mass is 16.2. The second-order valence-corrected chi connectivity index (χ2v) is 6.84. The smallest absolute Gasteiger partial charge is 0.248 e. The lowest BCUT2D eigenvalue weighted by molar-refractivity contribution is -0.156. The zero-order chi connectivity index (χ0) is 14.8. The van der Waals surface area contributed by atoms with E-state index in [0.717, 1.165) is 38.5 Å². The first-order valence-electron chi connectivity index (χ1n) is 8.09. The Hall–Kier alpha value is -1.06. The van der Waals surface area contributed by atoms with Crippen LogP contribution in [0.2, 0.25) is 0 Å². The van der Waals surface area contributed by atoms with Crippen molar-refractivity contribution in [3.8, 4) is 0 Å². The van der Waals surface area contributed by atoms with Crippen molar-refractivity contribution >= 4 is 11.8 Å². The lowest BCUT2D eigenvalue weighted by Crippen LogP contribution is -2.70. The number of hydrogen-bond donors (Lipinski definition) is 1. The largest absolute Gasteiger partial charge is 0.340 e. The molecule has 2 amide bonds. The molecule has 114 valence electrons. The molecular formula is C16H28N2O2. The average Bonchev–Trinajstić information content (AvgIpc) is 2.41. The summed E-state index contributed by atoms with van der Waals surface area (Å²) in [5.74, 6) is 0.826. The minimum Gasteiger partial charge on any atom is -0.340 e. The summed E-state index contributed by atoms with van der Waals surface area (Å²) >= 11 is 0. The van der Waals surface area contributed by atoms with Crippen LogP contribution in [0.3, 0.4) is 0 Å². The molecule has 4 nitrogen and oxygen atoms in total. The van der Waals surface area contributed by atoms with Crippen LogP contribution in [0.5, 0.6) is 0 Å². The summed E-state index contributed by atoms with van der Waals surface area (Å²) in [5, 5.41) is 3.03. The Balaban J connectivity index is 2.07. The molecule has 1 atom stereocenters. The summed E-state index contributed by atoms with van der Waals surface area (Å²) < 4.78 is 0. The zero-order valence-electron chi connectivity index (χ0n) is 13.1. The lowest BCUT2D eigenvalue weighted by atomic mass is 9.78. The number of rotatable bonds is 4. The number of amides is 2. The Morgan fingerprint density at radius 3 is 2.50 bits per heavy atom. The SMILES string of the molecule is CC(C)CCCN1C(=O)C2(CCCCC2)NC(=O)C1C. The lowest BCUT2D eigenvalue weighted by Gasteiger charge is -2.47. The molecule has 0 aromatic heterocycles. The van der Waals surface area contributed by atoms with Crippen LogP contribution in [0.4, 0.5) is 0 Å². The molecule has 1 N–H and O–H groups in total. The van der Waals surface area contributed by atoms with Gasteiger partial charge in [0.25, 0.3) is 0 Å². The monoisotopic (exact) mass is 280 g/mol. The molecule has 20 heavy (non-hydrogen) atoms. The van der Waals surface area contributed by atoms with Crippen molar-refractivity contribution in [2.75, 3.05) is 6.54 Å². The topological polar surface area (TPSA) is 49.4 Å². The van der Waals surface area contributed by atoms with Crippen LogP contribution in [-0.2, 0) is 9.59 Å². The van der Waals surface area contributed by atoms with E-state index in [1.165, 1.54) is 6.42 Å². The van der Waals surface area contributed by atoms with Gasteiger partial charge in [0.05, 0.1) is 0 Å². The summed E-state index contributed by atoms with van der Waals surface area (Å²) in [6.07, 6.45) is 6.96. The molecule has 0 bridgehead atoms. The van der Waals surface area contributed by atoms with Gasteiger partial charge >= 0.3 is 0 Å². The molecule has 2 rings (SSSR count). The number of hydrogen-bond acceptors (Lipinski definition) is 2. The number of carbonyl (C=O) groups excluding carboxylic acids is 2. The summed E-state index contributed by atoms with van der Waals surface area (Å²) in [5.41, 5.74) is -0.584. The van der Waals surface area contributed by atoms with E-state index >= 15 is 0 Å². The van der Waals surface area contributed by atoms with E-state index in [0.29, 0.717) is 12.5 Å². The normalized spacial score (nSPS) is 26.2. The van der Waals surface area contributed by atoms with Gasteiger partial charge in [-0.3, -0.25) is 9.59 Å². The first kappa shape index (κ1) is 15.3.